The number of allylic oxidation sites excluding steroid dienone is 4. The first-order valence-electron chi connectivity index (χ1n) is 11.3. The number of pyridine rings is 1. The summed E-state index contributed by atoms with van der Waals surface area (Å²) >= 11 is 3.35. The first-order chi connectivity index (χ1) is 17.8. The van der Waals surface area contributed by atoms with Gasteiger partial charge in [0.1, 0.15) is 19.1 Å². The maximum Gasteiger partial charge on any atom is 0.329 e. The van der Waals surface area contributed by atoms with E-state index in [1.165, 1.54) is 36.0 Å². The highest BCUT2D eigenvalue weighted by Gasteiger charge is 2.20. The summed E-state index contributed by atoms with van der Waals surface area (Å²) in [5.41, 5.74) is 2.45. The highest BCUT2D eigenvalue weighted by atomic mass is 79.9. The number of halogens is 3. The third-order valence-electron chi connectivity index (χ3n) is 5.99. The van der Waals surface area contributed by atoms with Crippen LogP contribution in [0.1, 0.15) is 18.5 Å². The smallest absolute Gasteiger partial charge is 0.329 e. The fraction of sp³-hybridized carbons (Fsp3) is 0.222. The van der Waals surface area contributed by atoms with E-state index in [2.05, 4.69) is 20.9 Å². The second kappa shape index (κ2) is 11.0. The molecule has 0 N–H and O–H groups in total. The number of nitrogens with zero attached hydrogens (tertiary/aromatic N) is 4. The van der Waals surface area contributed by atoms with Gasteiger partial charge in [-0.05, 0) is 37.3 Å². The number of ether oxygens (including phenoxy) is 2. The highest BCUT2D eigenvalue weighted by Crippen LogP contribution is 2.36. The van der Waals surface area contributed by atoms with E-state index in [9.17, 15) is 18.8 Å². The van der Waals surface area contributed by atoms with Crippen molar-refractivity contribution < 1.29 is 18.3 Å². The molecule has 2 heterocycles. The van der Waals surface area contributed by atoms with Gasteiger partial charge in [-0.1, -0.05) is 28.1 Å². The maximum absolute atomic E-state index is 13.5. The summed E-state index contributed by atoms with van der Waals surface area (Å²) in [6, 6.07) is 9.30. The minimum atomic E-state index is -0.759. The first kappa shape index (κ1) is 26.1. The van der Waals surface area contributed by atoms with E-state index < -0.39 is 12.7 Å². The molecule has 0 spiro atoms. The third-order valence-corrected chi connectivity index (χ3v) is 6.73. The van der Waals surface area contributed by atoms with Crippen LogP contribution in [0.25, 0.3) is 21.9 Å². The number of imidazole rings is 1. The molecule has 0 aliphatic heterocycles. The molecule has 0 amide bonds. The molecular formula is C27H23BrF2N4O3. The van der Waals surface area contributed by atoms with E-state index in [-0.39, 0.29) is 23.7 Å². The molecule has 0 saturated carbocycles. The van der Waals surface area contributed by atoms with Crippen molar-refractivity contribution in [2.75, 3.05) is 13.8 Å². The van der Waals surface area contributed by atoms with Gasteiger partial charge in [-0.15, -0.1) is 0 Å². The van der Waals surface area contributed by atoms with Crippen LogP contribution in [-0.4, -0.2) is 27.9 Å². The van der Waals surface area contributed by atoms with Crippen LogP contribution >= 0.6 is 15.9 Å². The van der Waals surface area contributed by atoms with Gasteiger partial charge in [0.15, 0.2) is 11.5 Å². The molecule has 4 rings (SSSR count). The molecule has 2 aromatic carbocycles. The van der Waals surface area contributed by atoms with Gasteiger partial charge in [0, 0.05) is 28.5 Å². The molecule has 0 aliphatic rings. The minimum Gasteiger partial charge on any atom is -0.493 e. The van der Waals surface area contributed by atoms with Gasteiger partial charge < -0.3 is 9.47 Å². The lowest BCUT2D eigenvalue weighted by Crippen LogP contribution is -2.24. The number of nitriles is 1. The van der Waals surface area contributed by atoms with Gasteiger partial charge in [0.2, 0.25) is 0 Å². The number of aryl methyl sites for hydroxylation is 1. The Hall–Kier alpha value is -3.97. The van der Waals surface area contributed by atoms with Crippen molar-refractivity contribution >= 4 is 37.9 Å². The Balaban J connectivity index is 1.85. The summed E-state index contributed by atoms with van der Waals surface area (Å²) in [7, 11) is 3.17. The number of methoxy groups -OCH3 is 1. The van der Waals surface area contributed by atoms with Crippen molar-refractivity contribution in [3.8, 4) is 17.6 Å². The van der Waals surface area contributed by atoms with E-state index in [1.807, 2.05) is 6.07 Å². The lowest BCUT2D eigenvalue weighted by Gasteiger charge is -2.15. The van der Waals surface area contributed by atoms with Crippen LogP contribution in [0.5, 0.6) is 11.5 Å². The topological polar surface area (TPSA) is 82.1 Å². The summed E-state index contributed by atoms with van der Waals surface area (Å²) in [6.07, 6.45) is 5.96. The predicted octanol–water partition coefficient (Wildman–Crippen LogP) is 5.91. The fourth-order valence-electron chi connectivity index (χ4n) is 4.04. The minimum absolute atomic E-state index is 0.144. The maximum atomic E-state index is 13.5. The Bertz CT molecular complexity index is 1650. The molecule has 1 atom stereocenters. The molecular weight excluding hydrogens is 546 g/mol. The molecule has 2 aromatic heterocycles. The highest BCUT2D eigenvalue weighted by molar-refractivity contribution is 9.10. The third kappa shape index (κ3) is 5.13. The summed E-state index contributed by atoms with van der Waals surface area (Å²) in [4.78, 5) is 17.7. The first-order valence-corrected chi connectivity index (χ1v) is 12.1. The molecule has 0 aliphatic carbocycles. The zero-order chi connectivity index (χ0) is 26.7. The predicted molar refractivity (Wildman–Crippen MR) is 141 cm³/mol. The van der Waals surface area contributed by atoms with Gasteiger partial charge in [-0.2, -0.15) is 5.26 Å². The average molecular weight is 569 g/mol. The van der Waals surface area contributed by atoms with Gasteiger partial charge in [0.25, 0.3) is 0 Å². The molecule has 10 heteroatoms. The van der Waals surface area contributed by atoms with Crippen molar-refractivity contribution in [2.45, 2.75) is 19.6 Å². The fourth-order valence-corrected chi connectivity index (χ4v) is 4.51. The second-order valence-electron chi connectivity index (χ2n) is 8.27. The van der Waals surface area contributed by atoms with E-state index >= 15 is 0 Å². The van der Waals surface area contributed by atoms with Crippen LogP contribution in [0.15, 0.2) is 69.6 Å². The van der Waals surface area contributed by atoms with Crippen molar-refractivity contribution in [3.05, 3.63) is 86.7 Å². The lowest BCUT2D eigenvalue weighted by atomic mass is 10.1. The quantitative estimate of drug-likeness (QED) is 0.195. The Morgan fingerprint density at radius 1 is 1.30 bits per heavy atom. The molecule has 0 saturated heterocycles. The molecule has 4 aromatic rings. The van der Waals surface area contributed by atoms with Crippen LogP contribution in [-0.2, 0) is 13.7 Å². The summed E-state index contributed by atoms with van der Waals surface area (Å²) < 4.78 is 41.4. The number of hydrogen-bond donors (Lipinski definition) is 0. The Kier molecular flexibility index (Phi) is 7.74. The van der Waals surface area contributed by atoms with Crippen LogP contribution in [0.3, 0.4) is 0 Å². The number of benzene rings is 2. The Morgan fingerprint density at radius 2 is 2.08 bits per heavy atom. The number of fused-ring (bicyclic) bond motifs is 3. The molecule has 7 nitrogen and oxygen atoms in total. The number of hydrogen-bond acceptors (Lipinski definition) is 5. The largest absolute Gasteiger partial charge is 0.493 e. The molecule has 190 valence electrons. The van der Waals surface area contributed by atoms with Crippen LogP contribution in [0, 0.1) is 17.1 Å². The monoisotopic (exact) mass is 568 g/mol. The summed E-state index contributed by atoms with van der Waals surface area (Å²) in [5.74, 6) is 0.509. The molecule has 37 heavy (non-hydrogen) atoms. The van der Waals surface area contributed by atoms with Crippen LogP contribution in [0.2, 0.25) is 0 Å². The molecule has 0 radical (unpaired) electrons. The van der Waals surface area contributed by atoms with E-state index in [1.54, 1.807) is 49.0 Å². The number of aromatic nitrogens is 3. The van der Waals surface area contributed by atoms with Crippen LogP contribution < -0.4 is 15.2 Å². The molecule has 0 fully saturated rings. The SMILES string of the molecule is COc1cc2ncc3c(c2cc1OCc1ccc(F)cc1Br)n(C(C)/C=C\C(C#N)=C/CF)c(=O)n3C. The van der Waals surface area contributed by atoms with Crippen molar-refractivity contribution in [2.24, 2.45) is 7.05 Å². The average Bonchev–Trinajstić information content (AvgIpc) is 3.15. The number of rotatable bonds is 8. The van der Waals surface area contributed by atoms with E-state index in [0.29, 0.717) is 37.9 Å². The van der Waals surface area contributed by atoms with E-state index in [0.717, 1.165) is 5.56 Å². The van der Waals surface area contributed by atoms with Crippen LogP contribution in [0.4, 0.5) is 8.78 Å². The zero-order valence-electron chi connectivity index (χ0n) is 20.3. The Labute approximate surface area is 220 Å². The van der Waals surface area contributed by atoms with E-state index in [4.69, 9.17) is 9.47 Å². The number of alkyl halides is 1. The van der Waals surface area contributed by atoms with Gasteiger partial charge in [-0.25, -0.2) is 13.6 Å². The second-order valence-corrected chi connectivity index (χ2v) is 9.13. The Morgan fingerprint density at radius 3 is 2.76 bits per heavy atom. The summed E-state index contributed by atoms with van der Waals surface area (Å²) in [5, 5.41) is 9.85. The zero-order valence-corrected chi connectivity index (χ0v) is 21.9. The van der Waals surface area contributed by atoms with Gasteiger partial charge in [0.05, 0.1) is 47.5 Å². The van der Waals surface area contributed by atoms with Crippen molar-refractivity contribution in [1.82, 2.24) is 14.1 Å². The normalized spacial score (nSPS) is 12.8. The standard InChI is InChI=1S/C27H23BrF2N4O3/c1-16(4-5-17(13-31)8-9-29)34-26-20-11-25(37-15-18-6-7-19(30)10-21(18)28)24(36-3)12-22(20)32-14-23(26)33(2)27(34)35/h4-8,10-12,14,16H,9,15H2,1-3H3/b5-4-,17-8+. The summed E-state index contributed by atoms with van der Waals surface area (Å²) in [6.45, 7) is 1.19. The molecule has 1 unspecified atom stereocenters. The van der Waals surface area contributed by atoms with Gasteiger partial charge >= 0.3 is 5.69 Å². The lowest BCUT2D eigenvalue weighted by molar-refractivity contribution is 0.284. The van der Waals surface area contributed by atoms with Gasteiger partial charge in [-0.3, -0.25) is 14.1 Å². The van der Waals surface area contributed by atoms with Crippen molar-refractivity contribution in [1.29, 1.82) is 5.26 Å². The van der Waals surface area contributed by atoms with Crippen molar-refractivity contribution in [3.63, 3.8) is 0 Å². The molecule has 0 bridgehead atoms.